The van der Waals surface area contributed by atoms with E-state index in [1.165, 1.54) is 18.0 Å². The summed E-state index contributed by atoms with van der Waals surface area (Å²) in [6.45, 7) is 9.64. The molecule has 1 atom stereocenters. The summed E-state index contributed by atoms with van der Waals surface area (Å²) in [7, 11) is 0. The van der Waals surface area contributed by atoms with Gasteiger partial charge in [-0.3, -0.25) is 9.59 Å². The maximum atomic E-state index is 13.6. The molecule has 42 heavy (non-hydrogen) atoms. The lowest BCUT2D eigenvalue weighted by Gasteiger charge is -2.28. The number of amides is 2. The fraction of sp³-hybridized carbons (Fsp3) is 0.250. The highest BCUT2D eigenvalue weighted by Gasteiger charge is 2.36. The molecule has 3 aromatic rings. The molecule has 0 spiro atoms. The summed E-state index contributed by atoms with van der Waals surface area (Å²) in [6, 6.07) is 16.0. The van der Waals surface area contributed by atoms with Crippen molar-refractivity contribution >= 4 is 40.9 Å². The van der Waals surface area contributed by atoms with E-state index in [9.17, 15) is 19.6 Å². The van der Waals surface area contributed by atoms with Crippen LogP contribution in [0.5, 0.6) is 0 Å². The third kappa shape index (κ3) is 6.75. The van der Waals surface area contributed by atoms with E-state index < -0.39 is 17.8 Å². The van der Waals surface area contributed by atoms with E-state index in [-0.39, 0.29) is 23.8 Å². The van der Waals surface area contributed by atoms with Crippen LogP contribution in [0.15, 0.2) is 81.1 Å². The number of anilines is 2. The fourth-order valence-electron chi connectivity index (χ4n) is 4.86. The van der Waals surface area contributed by atoms with Crippen LogP contribution in [-0.4, -0.2) is 30.1 Å². The number of allylic oxidation sites excluding steroid dienone is 2. The topological polar surface area (TPSA) is 133 Å². The van der Waals surface area contributed by atoms with Gasteiger partial charge in [-0.15, -0.1) is 0 Å². The Kier molecular flexibility index (Phi) is 9.55. The number of ether oxygens (including phenoxy) is 1. The van der Waals surface area contributed by atoms with Crippen molar-refractivity contribution in [1.82, 2.24) is 5.32 Å². The SMILES string of the molecule is CCOC(=O)c1ccc(NC(=O)C2=C(C)NC(SCC(=O)Nc3c(C)cc(C)cc3C)=C(C#N)[C@H]2c2ccco2)cc1. The molecule has 4 rings (SSSR count). The summed E-state index contributed by atoms with van der Waals surface area (Å²) < 4.78 is 10.7. The van der Waals surface area contributed by atoms with Crippen LogP contribution < -0.4 is 16.0 Å². The standard InChI is InChI=1S/C32H32N4O5S/c1-6-40-32(39)22-9-11-23(12-10-22)35-30(38)27-21(5)34-31(24(16-33)28(27)25-8-7-13-41-25)42-17-26(37)36-29-19(3)14-18(2)15-20(29)4/h7-15,28,34H,6,17H2,1-5H3,(H,35,38)(H,36,37)/t28-/m0/s1. The summed E-state index contributed by atoms with van der Waals surface area (Å²) in [5, 5.41) is 19.7. The first-order valence-electron chi connectivity index (χ1n) is 13.4. The van der Waals surface area contributed by atoms with Gasteiger partial charge in [0.25, 0.3) is 5.91 Å². The van der Waals surface area contributed by atoms with Crippen molar-refractivity contribution in [3.63, 3.8) is 0 Å². The number of aryl methyl sites for hydroxylation is 3. The second-order valence-corrected chi connectivity index (χ2v) is 10.8. The van der Waals surface area contributed by atoms with Crippen LogP contribution in [0.1, 0.15) is 52.6 Å². The highest BCUT2D eigenvalue weighted by Crippen LogP contribution is 2.41. The van der Waals surface area contributed by atoms with Gasteiger partial charge in [-0.05, 0) is 82.1 Å². The Morgan fingerprint density at radius 2 is 1.74 bits per heavy atom. The minimum absolute atomic E-state index is 0.0484. The molecule has 0 saturated heterocycles. The normalized spacial score (nSPS) is 14.6. The molecule has 0 fully saturated rings. The van der Waals surface area contributed by atoms with Gasteiger partial charge >= 0.3 is 5.97 Å². The number of benzene rings is 2. The van der Waals surface area contributed by atoms with E-state index >= 15 is 0 Å². The van der Waals surface area contributed by atoms with Crippen LogP contribution in [0.2, 0.25) is 0 Å². The zero-order valence-corrected chi connectivity index (χ0v) is 24.9. The van der Waals surface area contributed by atoms with Crippen LogP contribution in [0.3, 0.4) is 0 Å². The number of furan rings is 1. The quantitative estimate of drug-likeness (QED) is 0.257. The van der Waals surface area contributed by atoms with Gasteiger partial charge in [0.2, 0.25) is 5.91 Å². The molecule has 1 aliphatic rings. The van der Waals surface area contributed by atoms with E-state index in [1.54, 1.807) is 50.2 Å². The lowest BCUT2D eigenvalue weighted by molar-refractivity contribution is -0.114. The lowest BCUT2D eigenvalue weighted by Crippen LogP contribution is -2.31. The molecule has 2 aromatic carbocycles. The number of nitriles is 1. The molecule has 0 bridgehead atoms. The first-order chi connectivity index (χ1) is 20.1. The van der Waals surface area contributed by atoms with E-state index in [0.717, 1.165) is 22.4 Å². The molecule has 9 nitrogen and oxygen atoms in total. The molecule has 0 unspecified atom stereocenters. The fourth-order valence-corrected chi connectivity index (χ4v) is 5.75. The Morgan fingerprint density at radius 1 is 1.05 bits per heavy atom. The van der Waals surface area contributed by atoms with Crippen molar-refractivity contribution in [3.05, 3.63) is 105 Å². The average Bonchev–Trinajstić information content (AvgIpc) is 3.48. The number of carbonyl (C=O) groups excluding carboxylic acids is 3. The molecule has 2 amide bonds. The molecule has 0 aliphatic carbocycles. The molecule has 10 heteroatoms. The van der Waals surface area contributed by atoms with Crippen molar-refractivity contribution in [2.75, 3.05) is 23.0 Å². The van der Waals surface area contributed by atoms with Gasteiger partial charge in [0.15, 0.2) is 0 Å². The van der Waals surface area contributed by atoms with Crippen molar-refractivity contribution in [3.8, 4) is 6.07 Å². The van der Waals surface area contributed by atoms with Crippen LogP contribution in [0.25, 0.3) is 0 Å². The summed E-state index contributed by atoms with van der Waals surface area (Å²) in [5.41, 5.74) is 5.75. The third-order valence-electron chi connectivity index (χ3n) is 6.66. The second-order valence-electron chi connectivity index (χ2n) is 9.83. The van der Waals surface area contributed by atoms with Crippen molar-refractivity contribution in [2.24, 2.45) is 0 Å². The van der Waals surface area contributed by atoms with Gasteiger partial charge in [-0.2, -0.15) is 5.26 Å². The van der Waals surface area contributed by atoms with E-state index in [0.29, 0.717) is 33.3 Å². The highest BCUT2D eigenvalue weighted by atomic mass is 32.2. The summed E-state index contributed by atoms with van der Waals surface area (Å²) in [4.78, 5) is 38.5. The zero-order chi connectivity index (χ0) is 30.4. The van der Waals surface area contributed by atoms with Gasteiger partial charge in [0.05, 0.1) is 52.3 Å². The van der Waals surface area contributed by atoms with Gasteiger partial charge in [-0.25, -0.2) is 4.79 Å². The first-order valence-corrected chi connectivity index (χ1v) is 14.4. The van der Waals surface area contributed by atoms with Crippen LogP contribution in [-0.2, 0) is 14.3 Å². The number of rotatable bonds is 9. The summed E-state index contributed by atoms with van der Waals surface area (Å²) >= 11 is 1.19. The minimum Gasteiger partial charge on any atom is -0.468 e. The molecule has 1 aromatic heterocycles. The number of thioether (sulfide) groups is 1. The number of nitrogens with one attached hydrogen (secondary N) is 3. The highest BCUT2D eigenvalue weighted by molar-refractivity contribution is 8.03. The van der Waals surface area contributed by atoms with Gasteiger partial charge in [0.1, 0.15) is 5.76 Å². The molecule has 2 heterocycles. The van der Waals surface area contributed by atoms with Gasteiger partial charge in [0, 0.05) is 17.1 Å². The number of dihydropyridines is 1. The Bertz CT molecular complexity index is 1590. The smallest absolute Gasteiger partial charge is 0.338 e. The minimum atomic E-state index is -0.794. The number of carbonyl (C=O) groups is 3. The molecule has 216 valence electrons. The van der Waals surface area contributed by atoms with Crippen LogP contribution in [0, 0.1) is 32.1 Å². The van der Waals surface area contributed by atoms with E-state index in [4.69, 9.17) is 9.15 Å². The maximum Gasteiger partial charge on any atom is 0.338 e. The predicted molar refractivity (Wildman–Crippen MR) is 163 cm³/mol. The Balaban J connectivity index is 1.55. The Hall–Kier alpha value is -4.75. The summed E-state index contributed by atoms with van der Waals surface area (Å²) in [6.07, 6.45) is 1.48. The van der Waals surface area contributed by atoms with Crippen LogP contribution in [0.4, 0.5) is 11.4 Å². The molecule has 0 saturated carbocycles. The third-order valence-corrected chi connectivity index (χ3v) is 7.68. The monoisotopic (exact) mass is 584 g/mol. The number of hydrogen-bond donors (Lipinski definition) is 3. The van der Waals surface area contributed by atoms with Crippen molar-refractivity contribution in [1.29, 1.82) is 5.26 Å². The molecule has 1 aliphatic heterocycles. The van der Waals surface area contributed by atoms with E-state index in [1.807, 2.05) is 32.9 Å². The van der Waals surface area contributed by atoms with Crippen LogP contribution >= 0.6 is 11.8 Å². The van der Waals surface area contributed by atoms with E-state index in [2.05, 4.69) is 22.0 Å². The first kappa shape index (κ1) is 30.2. The van der Waals surface area contributed by atoms with Crippen molar-refractivity contribution in [2.45, 2.75) is 40.5 Å². The predicted octanol–water partition coefficient (Wildman–Crippen LogP) is 6.09. The Morgan fingerprint density at radius 3 is 2.33 bits per heavy atom. The number of nitrogens with zero attached hydrogens (tertiary/aromatic N) is 1. The maximum absolute atomic E-state index is 13.6. The zero-order valence-electron chi connectivity index (χ0n) is 24.1. The van der Waals surface area contributed by atoms with Crippen molar-refractivity contribution < 1.29 is 23.5 Å². The largest absolute Gasteiger partial charge is 0.468 e. The van der Waals surface area contributed by atoms with Gasteiger partial charge < -0.3 is 25.1 Å². The second kappa shape index (κ2) is 13.3. The molecular weight excluding hydrogens is 552 g/mol. The number of hydrogen-bond acceptors (Lipinski definition) is 8. The molecule has 0 radical (unpaired) electrons. The summed E-state index contributed by atoms with van der Waals surface area (Å²) in [5.74, 6) is -1.43. The molecule has 3 N–H and O–H groups in total. The average molecular weight is 585 g/mol. The number of esters is 1. The lowest BCUT2D eigenvalue weighted by atomic mass is 9.85. The van der Waals surface area contributed by atoms with Gasteiger partial charge in [-0.1, -0.05) is 29.5 Å². The Labute approximate surface area is 249 Å². The molecular formula is C32H32N4O5S.